The highest BCUT2D eigenvalue weighted by atomic mass is 16.7. The van der Waals surface area contributed by atoms with E-state index in [1.807, 2.05) is 0 Å². The van der Waals surface area contributed by atoms with Gasteiger partial charge in [0, 0.05) is 18.8 Å². The summed E-state index contributed by atoms with van der Waals surface area (Å²) in [5.74, 6) is -4.62. The molecule has 2 saturated heterocycles. The van der Waals surface area contributed by atoms with Gasteiger partial charge in [-0.2, -0.15) is 0 Å². The molecule has 7 amide bonds. The van der Waals surface area contributed by atoms with E-state index in [9.17, 15) is 38.4 Å². The van der Waals surface area contributed by atoms with E-state index in [1.165, 1.54) is 6.92 Å². The van der Waals surface area contributed by atoms with E-state index >= 15 is 0 Å². The number of likely N-dealkylation sites (tertiary alicyclic amines) is 1. The predicted octanol–water partition coefficient (Wildman–Crippen LogP) is -3.12. The van der Waals surface area contributed by atoms with Crippen molar-refractivity contribution in [3.05, 3.63) is 35.9 Å². The van der Waals surface area contributed by atoms with Crippen molar-refractivity contribution in [2.45, 2.75) is 45.1 Å². The van der Waals surface area contributed by atoms with Gasteiger partial charge in [-0.3, -0.25) is 43.3 Å². The molecular formula is C29H38N6O11. The normalized spacial score (nSPS) is 19.7. The molecule has 2 aliphatic rings. The number of nitrogens with one attached hydrogen (secondary N) is 5. The summed E-state index contributed by atoms with van der Waals surface area (Å²) in [5.41, 5.74) is 0.727. The van der Waals surface area contributed by atoms with Crippen LogP contribution in [0.25, 0.3) is 0 Å². The third-order valence-electron chi connectivity index (χ3n) is 6.75. The van der Waals surface area contributed by atoms with Crippen molar-refractivity contribution >= 4 is 47.1 Å². The average molecular weight is 647 g/mol. The molecule has 5 N–H and O–H groups in total. The lowest BCUT2D eigenvalue weighted by atomic mass is 10.1. The molecule has 4 atom stereocenters. The number of rotatable bonds is 17. The van der Waals surface area contributed by atoms with E-state index in [2.05, 4.69) is 26.6 Å². The van der Waals surface area contributed by atoms with Crippen LogP contribution in [0, 0.1) is 5.92 Å². The first kappa shape index (κ1) is 35.7. The minimum absolute atomic E-state index is 0.0926. The molecule has 0 bridgehead atoms. The fourth-order valence-corrected chi connectivity index (χ4v) is 4.39. The lowest BCUT2D eigenvalue weighted by molar-refractivity contribution is -0.148. The Bertz CT molecular complexity index is 1310. The van der Waals surface area contributed by atoms with Gasteiger partial charge in [0.15, 0.2) is 18.2 Å². The highest BCUT2D eigenvalue weighted by Gasteiger charge is 2.40. The maximum atomic E-state index is 12.8. The Kier molecular flexibility index (Phi) is 13.7. The van der Waals surface area contributed by atoms with E-state index < -0.39 is 73.5 Å². The van der Waals surface area contributed by atoms with Crippen LogP contribution in [0.1, 0.15) is 25.8 Å². The lowest BCUT2D eigenvalue weighted by Crippen LogP contribution is -2.52. The van der Waals surface area contributed by atoms with E-state index in [1.54, 1.807) is 37.3 Å². The van der Waals surface area contributed by atoms with E-state index in [0.717, 1.165) is 10.5 Å². The average Bonchev–Trinajstić information content (AvgIpc) is 3.59. The van der Waals surface area contributed by atoms with Crippen molar-refractivity contribution in [1.29, 1.82) is 0 Å². The number of ketones is 1. The number of hydrogen-bond donors (Lipinski definition) is 5. The summed E-state index contributed by atoms with van der Waals surface area (Å²) in [6, 6.07) is 7.72. The Morgan fingerprint density at radius 1 is 0.935 bits per heavy atom. The number of benzene rings is 1. The van der Waals surface area contributed by atoms with Gasteiger partial charge in [-0.05, 0) is 12.5 Å². The van der Waals surface area contributed by atoms with Crippen LogP contribution in [0.15, 0.2) is 30.3 Å². The number of amides is 7. The van der Waals surface area contributed by atoms with Crippen molar-refractivity contribution in [3.63, 3.8) is 0 Å². The van der Waals surface area contributed by atoms with Gasteiger partial charge in [0.1, 0.15) is 19.4 Å². The fourth-order valence-electron chi connectivity index (χ4n) is 4.39. The van der Waals surface area contributed by atoms with Gasteiger partial charge in [-0.25, -0.2) is 0 Å². The van der Waals surface area contributed by atoms with Crippen LogP contribution in [0.2, 0.25) is 0 Å². The summed E-state index contributed by atoms with van der Waals surface area (Å²) in [6.07, 6.45) is -1.86. The Morgan fingerprint density at radius 2 is 1.61 bits per heavy atom. The summed E-state index contributed by atoms with van der Waals surface area (Å²) >= 11 is 0. The highest BCUT2D eigenvalue weighted by Crippen LogP contribution is 2.21. The molecule has 1 aromatic carbocycles. The minimum atomic E-state index is -1.09. The van der Waals surface area contributed by atoms with Crippen LogP contribution in [-0.4, -0.2) is 117 Å². The summed E-state index contributed by atoms with van der Waals surface area (Å²) in [7, 11) is 0. The Morgan fingerprint density at radius 3 is 2.28 bits per heavy atom. The zero-order valence-corrected chi connectivity index (χ0v) is 25.5. The second kappa shape index (κ2) is 17.7. The quantitative estimate of drug-likeness (QED) is 0.0646. The summed E-state index contributed by atoms with van der Waals surface area (Å²) in [6.45, 7) is 0.882. The SMILES string of the molecule is CC(=O)COCNC(=O)CNC(=O)[C@H](Cc1ccccc1)NC(=O)CNC(=O)CNC(=O)C1COC(CN2C(=O)CC(C)C2=O)O1. The first-order valence-corrected chi connectivity index (χ1v) is 14.5. The monoisotopic (exact) mass is 646 g/mol. The zero-order valence-electron chi connectivity index (χ0n) is 25.5. The fraction of sp³-hybridized carbons (Fsp3) is 0.517. The molecule has 2 fully saturated rings. The van der Waals surface area contributed by atoms with Crippen LogP contribution < -0.4 is 26.6 Å². The topological polar surface area (TPSA) is 228 Å². The number of nitrogens with zero attached hydrogens (tertiary/aromatic N) is 1. The number of ether oxygens (including phenoxy) is 3. The Balaban J connectivity index is 1.40. The maximum absolute atomic E-state index is 12.8. The molecule has 0 aliphatic carbocycles. The van der Waals surface area contributed by atoms with Crippen molar-refractivity contribution in [2.75, 3.05) is 46.1 Å². The molecule has 2 aliphatic heterocycles. The second-order valence-electron chi connectivity index (χ2n) is 10.7. The summed E-state index contributed by atoms with van der Waals surface area (Å²) < 4.78 is 15.8. The number of carbonyl (C=O) groups is 8. The van der Waals surface area contributed by atoms with E-state index in [-0.39, 0.29) is 56.9 Å². The smallest absolute Gasteiger partial charge is 0.252 e. The van der Waals surface area contributed by atoms with E-state index in [4.69, 9.17) is 14.2 Å². The molecule has 3 unspecified atom stereocenters. The Labute approximate surface area is 264 Å². The van der Waals surface area contributed by atoms with Gasteiger partial charge in [-0.1, -0.05) is 37.3 Å². The molecule has 17 nitrogen and oxygen atoms in total. The number of carbonyl (C=O) groups excluding carboxylic acids is 8. The molecule has 1 aromatic rings. The van der Waals surface area contributed by atoms with Gasteiger partial charge in [0.25, 0.3) is 5.91 Å². The number of Topliss-reactive ketones (excluding diaryl/α,β-unsaturated/α-hetero) is 1. The third kappa shape index (κ3) is 11.6. The largest absolute Gasteiger partial charge is 0.354 e. The lowest BCUT2D eigenvalue weighted by Gasteiger charge is -2.19. The zero-order chi connectivity index (χ0) is 33.6. The third-order valence-corrected chi connectivity index (χ3v) is 6.75. The van der Waals surface area contributed by atoms with Crippen molar-refractivity contribution in [2.24, 2.45) is 5.92 Å². The van der Waals surface area contributed by atoms with Crippen LogP contribution >= 0.6 is 0 Å². The molecule has 250 valence electrons. The van der Waals surface area contributed by atoms with Crippen molar-refractivity contribution in [1.82, 2.24) is 31.5 Å². The van der Waals surface area contributed by atoms with Crippen molar-refractivity contribution in [3.8, 4) is 0 Å². The summed E-state index contributed by atoms with van der Waals surface area (Å²) in [4.78, 5) is 98.1. The minimum Gasteiger partial charge on any atom is -0.354 e. The van der Waals surface area contributed by atoms with Crippen LogP contribution in [0.5, 0.6) is 0 Å². The Hall–Kier alpha value is -4.74. The first-order chi connectivity index (χ1) is 21.9. The van der Waals surface area contributed by atoms with Gasteiger partial charge in [0.05, 0.1) is 32.8 Å². The van der Waals surface area contributed by atoms with Gasteiger partial charge in [0.2, 0.25) is 35.4 Å². The molecule has 2 heterocycles. The molecule has 17 heteroatoms. The molecule has 0 spiro atoms. The molecule has 0 radical (unpaired) electrons. The van der Waals surface area contributed by atoms with Gasteiger partial charge >= 0.3 is 0 Å². The van der Waals surface area contributed by atoms with Crippen LogP contribution in [0.3, 0.4) is 0 Å². The number of hydrogen-bond acceptors (Lipinski definition) is 11. The van der Waals surface area contributed by atoms with Gasteiger partial charge in [-0.15, -0.1) is 0 Å². The predicted molar refractivity (Wildman–Crippen MR) is 156 cm³/mol. The standard InChI is InChI=1S/C29H38N6O11/c1-17-8-25(40)35(29(17)43)13-26-45-15-21(46-26)28(42)32-10-22(37)30-12-24(39)34-20(9-19-6-4-3-5-7-19)27(41)31-11-23(38)33-16-44-14-18(2)36/h3-7,17,20-21,26H,8-16H2,1-2H3,(H,30,37)(H,31,41)(H,32,42)(H,33,38)(H,34,39)/t17?,20-,21?,26?/m0/s1. The van der Waals surface area contributed by atoms with Crippen LogP contribution in [-0.2, 0) is 59.0 Å². The van der Waals surface area contributed by atoms with Crippen molar-refractivity contribution < 1.29 is 52.6 Å². The first-order valence-electron chi connectivity index (χ1n) is 14.5. The molecular weight excluding hydrogens is 608 g/mol. The molecule has 3 rings (SSSR count). The summed E-state index contributed by atoms with van der Waals surface area (Å²) in [5, 5.41) is 12.0. The van der Waals surface area contributed by atoms with Gasteiger partial charge < -0.3 is 40.8 Å². The van der Waals surface area contributed by atoms with E-state index in [0.29, 0.717) is 0 Å². The second-order valence-corrected chi connectivity index (χ2v) is 10.7. The molecule has 46 heavy (non-hydrogen) atoms. The number of imide groups is 1. The van der Waals surface area contributed by atoms with Crippen LogP contribution in [0.4, 0.5) is 0 Å². The molecule has 0 saturated carbocycles. The maximum Gasteiger partial charge on any atom is 0.252 e. The highest BCUT2D eigenvalue weighted by molar-refractivity contribution is 6.03. The molecule has 0 aromatic heterocycles.